The summed E-state index contributed by atoms with van der Waals surface area (Å²) in [5.74, 6) is 1.52. The van der Waals surface area contributed by atoms with Crippen LogP contribution in [0, 0.1) is 0 Å². The van der Waals surface area contributed by atoms with Crippen molar-refractivity contribution in [3.63, 3.8) is 0 Å². The van der Waals surface area contributed by atoms with Crippen LogP contribution in [-0.2, 0) is 10.0 Å². The summed E-state index contributed by atoms with van der Waals surface area (Å²) in [5, 5.41) is 1.78. The lowest BCUT2D eigenvalue weighted by atomic mass is 10.3. The first-order chi connectivity index (χ1) is 12.1. The lowest BCUT2D eigenvalue weighted by Gasteiger charge is -2.34. The normalized spacial score (nSPS) is 16.2. The third-order valence-electron chi connectivity index (χ3n) is 4.06. The fourth-order valence-electron chi connectivity index (χ4n) is 2.74. The minimum Gasteiger partial charge on any atom is -0.354 e. The van der Waals surface area contributed by atoms with Crippen molar-refractivity contribution >= 4 is 27.2 Å². The number of anilines is 1. The first-order valence-corrected chi connectivity index (χ1v) is 10.1. The van der Waals surface area contributed by atoms with E-state index in [2.05, 4.69) is 19.9 Å². The summed E-state index contributed by atoms with van der Waals surface area (Å²) in [6.45, 7) is 2.05. The summed E-state index contributed by atoms with van der Waals surface area (Å²) < 4.78 is 28.9. The molecule has 0 bridgehead atoms. The van der Waals surface area contributed by atoms with Gasteiger partial charge in [0, 0.05) is 44.6 Å². The molecule has 1 aliphatic heterocycles. The first kappa shape index (κ1) is 16.2. The molecule has 10 heteroatoms. The summed E-state index contributed by atoms with van der Waals surface area (Å²) in [7, 11) is -3.39. The van der Waals surface area contributed by atoms with Gasteiger partial charge in [-0.15, -0.1) is 11.3 Å². The molecule has 0 spiro atoms. The number of imidazole rings is 1. The summed E-state index contributed by atoms with van der Waals surface area (Å²) in [5.41, 5.74) is 0. The average molecular weight is 376 g/mol. The number of rotatable bonds is 4. The fourth-order valence-corrected chi connectivity index (χ4v) is 5.31. The molecule has 3 aromatic rings. The van der Waals surface area contributed by atoms with Crippen LogP contribution in [0.1, 0.15) is 0 Å². The van der Waals surface area contributed by atoms with Gasteiger partial charge in [0.2, 0.25) is 0 Å². The van der Waals surface area contributed by atoms with Crippen LogP contribution in [0.25, 0.3) is 5.82 Å². The van der Waals surface area contributed by atoms with Gasteiger partial charge in [0.05, 0.1) is 0 Å². The lowest BCUT2D eigenvalue weighted by molar-refractivity contribution is 0.384. The molecule has 0 N–H and O–H groups in total. The minimum absolute atomic E-state index is 0.394. The summed E-state index contributed by atoms with van der Waals surface area (Å²) in [6, 6.07) is 5.28. The van der Waals surface area contributed by atoms with E-state index in [-0.39, 0.29) is 0 Å². The van der Waals surface area contributed by atoms with E-state index in [0.717, 1.165) is 11.6 Å². The van der Waals surface area contributed by atoms with Gasteiger partial charge in [0.1, 0.15) is 28.5 Å². The number of nitrogens with zero attached hydrogens (tertiary/aromatic N) is 6. The second-order valence-electron chi connectivity index (χ2n) is 5.53. The average Bonchev–Trinajstić information content (AvgIpc) is 3.36. The zero-order chi connectivity index (χ0) is 17.3. The fraction of sp³-hybridized carbons (Fsp3) is 0.267. The predicted molar refractivity (Wildman–Crippen MR) is 94.4 cm³/mol. The van der Waals surface area contributed by atoms with Crippen LogP contribution in [-0.4, -0.2) is 58.4 Å². The number of thiophene rings is 1. The highest BCUT2D eigenvalue weighted by Gasteiger charge is 2.29. The van der Waals surface area contributed by atoms with Crippen molar-refractivity contribution in [2.24, 2.45) is 0 Å². The van der Waals surface area contributed by atoms with E-state index >= 15 is 0 Å². The van der Waals surface area contributed by atoms with Gasteiger partial charge in [-0.1, -0.05) is 6.07 Å². The minimum atomic E-state index is -3.39. The monoisotopic (exact) mass is 376 g/mol. The molecule has 1 fully saturated rings. The molecule has 0 unspecified atom stereocenters. The topological polar surface area (TPSA) is 84.2 Å². The molecule has 0 amide bonds. The van der Waals surface area contributed by atoms with E-state index in [1.54, 1.807) is 30.0 Å². The van der Waals surface area contributed by atoms with Gasteiger partial charge in [0.25, 0.3) is 10.0 Å². The Labute approximate surface area is 149 Å². The molecule has 0 radical (unpaired) electrons. The number of hydrogen-bond acceptors (Lipinski definition) is 7. The van der Waals surface area contributed by atoms with Crippen LogP contribution in [0.5, 0.6) is 0 Å². The molecule has 1 aliphatic rings. The van der Waals surface area contributed by atoms with Crippen molar-refractivity contribution < 1.29 is 8.42 Å². The lowest BCUT2D eigenvalue weighted by Crippen LogP contribution is -2.48. The van der Waals surface area contributed by atoms with Gasteiger partial charge in [-0.05, 0) is 11.4 Å². The number of piperazine rings is 1. The molecule has 25 heavy (non-hydrogen) atoms. The third-order valence-corrected chi connectivity index (χ3v) is 7.33. The zero-order valence-electron chi connectivity index (χ0n) is 13.3. The van der Waals surface area contributed by atoms with E-state index in [4.69, 9.17) is 0 Å². The molecule has 4 heterocycles. The smallest absolute Gasteiger partial charge is 0.252 e. The van der Waals surface area contributed by atoms with E-state index in [1.165, 1.54) is 22.0 Å². The van der Waals surface area contributed by atoms with Gasteiger partial charge in [0.15, 0.2) is 0 Å². The number of hydrogen-bond donors (Lipinski definition) is 0. The Morgan fingerprint density at radius 1 is 1.08 bits per heavy atom. The van der Waals surface area contributed by atoms with E-state index in [9.17, 15) is 8.42 Å². The molecule has 130 valence electrons. The van der Waals surface area contributed by atoms with Crippen LogP contribution in [0.3, 0.4) is 0 Å². The Hall–Kier alpha value is -2.30. The summed E-state index contributed by atoms with van der Waals surface area (Å²) >= 11 is 1.25. The Kier molecular flexibility index (Phi) is 4.24. The van der Waals surface area contributed by atoms with Gasteiger partial charge in [-0.3, -0.25) is 4.57 Å². The second-order valence-corrected chi connectivity index (χ2v) is 8.64. The Morgan fingerprint density at radius 3 is 2.56 bits per heavy atom. The maximum absolute atomic E-state index is 12.6. The third kappa shape index (κ3) is 3.15. The molecule has 3 aromatic heterocycles. The van der Waals surface area contributed by atoms with Gasteiger partial charge >= 0.3 is 0 Å². The standard InChI is InChI=1S/C15H16N6O2S2/c22-25(23,15-2-1-9-24-15)21-7-5-19(6-8-21)13-10-14(18-11-17-13)20-4-3-16-12-20/h1-4,9-12H,5-8H2. The van der Waals surface area contributed by atoms with Crippen molar-refractivity contribution in [2.45, 2.75) is 4.21 Å². The zero-order valence-corrected chi connectivity index (χ0v) is 14.9. The van der Waals surface area contributed by atoms with Crippen molar-refractivity contribution in [3.05, 3.63) is 48.6 Å². The Balaban J connectivity index is 1.48. The first-order valence-electron chi connectivity index (χ1n) is 7.73. The van der Waals surface area contributed by atoms with Crippen LogP contribution >= 0.6 is 11.3 Å². The summed E-state index contributed by atoms with van der Waals surface area (Å²) in [4.78, 5) is 14.7. The van der Waals surface area contributed by atoms with E-state index < -0.39 is 10.0 Å². The number of aromatic nitrogens is 4. The molecular formula is C15H16N6O2S2. The summed E-state index contributed by atoms with van der Waals surface area (Å²) in [6.07, 6.45) is 6.70. The van der Waals surface area contributed by atoms with Crippen LogP contribution in [0.2, 0.25) is 0 Å². The predicted octanol–water partition coefficient (Wildman–Crippen LogP) is 1.23. The highest BCUT2D eigenvalue weighted by molar-refractivity contribution is 7.91. The van der Waals surface area contributed by atoms with Gasteiger partial charge < -0.3 is 4.90 Å². The molecule has 8 nitrogen and oxygen atoms in total. The highest BCUT2D eigenvalue weighted by Crippen LogP contribution is 2.23. The SMILES string of the molecule is O=S(=O)(c1cccs1)N1CCN(c2cc(-n3ccnc3)ncn2)CC1. The number of sulfonamides is 1. The van der Waals surface area contributed by atoms with Crippen LogP contribution in [0.4, 0.5) is 5.82 Å². The van der Waals surface area contributed by atoms with E-state index in [1.807, 2.05) is 16.8 Å². The molecular weight excluding hydrogens is 360 g/mol. The maximum Gasteiger partial charge on any atom is 0.252 e. The highest BCUT2D eigenvalue weighted by atomic mass is 32.2. The van der Waals surface area contributed by atoms with Crippen molar-refractivity contribution in [2.75, 3.05) is 31.1 Å². The van der Waals surface area contributed by atoms with E-state index in [0.29, 0.717) is 30.4 Å². The Bertz CT molecular complexity index is 932. The van der Waals surface area contributed by atoms with Gasteiger partial charge in [-0.2, -0.15) is 4.31 Å². The van der Waals surface area contributed by atoms with Gasteiger partial charge in [-0.25, -0.2) is 23.4 Å². The Morgan fingerprint density at radius 2 is 1.88 bits per heavy atom. The largest absolute Gasteiger partial charge is 0.354 e. The molecule has 0 aliphatic carbocycles. The van der Waals surface area contributed by atoms with Crippen LogP contribution in [0.15, 0.2) is 52.8 Å². The maximum atomic E-state index is 12.6. The molecule has 0 aromatic carbocycles. The molecule has 0 saturated carbocycles. The van der Waals surface area contributed by atoms with Crippen molar-refractivity contribution in [1.29, 1.82) is 0 Å². The van der Waals surface area contributed by atoms with Crippen molar-refractivity contribution in [1.82, 2.24) is 23.8 Å². The van der Waals surface area contributed by atoms with Crippen molar-refractivity contribution in [3.8, 4) is 5.82 Å². The second kappa shape index (κ2) is 6.54. The quantitative estimate of drug-likeness (QED) is 0.681. The molecule has 0 atom stereocenters. The van der Waals surface area contributed by atoms with Crippen LogP contribution < -0.4 is 4.90 Å². The molecule has 4 rings (SSSR count). The molecule has 1 saturated heterocycles.